The molecular formula is C25H27NO3. The van der Waals surface area contributed by atoms with Gasteiger partial charge in [-0.05, 0) is 36.2 Å². The fourth-order valence-electron chi connectivity index (χ4n) is 3.12. The van der Waals surface area contributed by atoms with Gasteiger partial charge in [-0.1, -0.05) is 60.7 Å². The average Bonchev–Trinajstić information content (AvgIpc) is 2.76. The van der Waals surface area contributed by atoms with Crippen molar-refractivity contribution in [2.24, 2.45) is 0 Å². The molecule has 0 unspecified atom stereocenters. The van der Waals surface area contributed by atoms with Crippen molar-refractivity contribution in [1.29, 1.82) is 0 Å². The number of nitrogens with zero attached hydrogens (tertiary/aromatic N) is 1. The van der Waals surface area contributed by atoms with Gasteiger partial charge in [-0.15, -0.1) is 0 Å². The molecule has 0 radical (unpaired) electrons. The third-order valence-electron chi connectivity index (χ3n) is 4.59. The van der Waals surface area contributed by atoms with E-state index < -0.39 is 0 Å². The molecule has 0 fully saturated rings. The van der Waals surface area contributed by atoms with E-state index >= 15 is 0 Å². The minimum Gasteiger partial charge on any atom is -0.494 e. The van der Waals surface area contributed by atoms with Crippen LogP contribution in [0.25, 0.3) is 0 Å². The summed E-state index contributed by atoms with van der Waals surface area (Å²) in [7, 11) is 1.82. The normalized spacial score (nSPS) is 10.6. The molecular weight excluding hydrogens is 362 g/mol. The van der Waals surface area contributed by atoms with Gasteiger partial charge in [0.2, 0.25) is 0 Å². The standard InChI is InChI=1S/C25H27NO3/c1-3-29-24-15-14-22(25(27)26(2)17-20-10-6-4-7-11-20)16-23(24)19-28-18-21-12-8-5-9-13-21/h4-16H,3,17-19H2,1-2H3. The Balaban J connectivity index is 1.70. The predicted molar refractivity (Wildman–Crippen MR) is 115 cm³/mol. The van der Waals surface area contributed by atoms with E-state index in [1.165, 1.54) is 0 Å². The van der Waals surface area contributed by atoms with E-state index in [4.69, 9.17) is 9.47 Å². The van der Waals surface area contributed by atoms with Crippen molar-refractivity contribution in [2.45, 2.75) is 26.7 Å². The van der Waals surface area contributed by atoms with E-state index in [1.807, 2.05) is 92.8 Å². The zero-order valence-electron chi connectivity index (χ0n) is 17.0. The van der Waals surface area contributed by atoms with E-state index in [0.717, 1.165) is 22.4 Å². The molecule has 3 rings (SSSR count). The van der Waals surface area contributed by atoms with Crippen LogP contribution in [0.3, 0.4) is 0 Å². The highest BCUT2D eigenvalue weighted by atomic mass is 16.5. The average molecular weight is 389 g/mol. The monoisotopic (exact) mass is 389 g/mol. The molecule has 0 aliphatic carbocycles. The van der Waals surface area contributed by atoms with Crippen molar-refractivity contribution in [1.82, 2.24) is 4.90 Å². The van der Waals surface area contributed by atoms with Gasteiger partial charge in [0.25, 0.3) is 5.91 Å². The maximum atomic E-state index is 12.9. The lowest BCUT2D eigenvalue weighted by Gasteiger charge is -2.19. The predicted octanol–water partition coefficient (Wildman–Crippen LogP) is 5.07. The van der Waals surface area contributed by atoms with Crippen LogP contribution in [0.15, 0.2) is 78.9 Å². The van der Waals surface area contributed by atoms with Gasteiger partial charge in [-0.2, -0.15) is 0 Å². The molecule has 3 aromatic rings. The Bertz CT molecular complexity index is 910. The van der Waals surface area contributed by atoms with Gasteiger partial charge >= 0.3 is 0 Å². The molecule has 0 heterocycles. The molecule has 0 N–H and O–H groups in total. The van der Waals surface area contributed by atoms with E-state index in [2.05, 4.69) is 0 Å². The maximum Gasteiger partial charge on any atom is 0.253 e. The molecule has 4 nitrogen and oxygen atoms in total. The molecule has 0 aromatic heterocycles. The van der Waals surface area contributed by atoms with Gasteiger partial charge in [-0.3, -0.25) is 4.79 Å². The molecule has 3 aromatic carbocycles. The Hall–Kier alpha value is -3.11. The van der Waals surface area contributed by atoms with Crippen LogP contribution in [-0.4, -0.2) is 24.5 Å². The van der Waals surface area contributed by atoms with Crippen molar-refractivity contribution in [3.63, 3.8) is 0 Å². The zero-order chi connectivity index (χ0) is 20.5. The summed E-state index contributed by atoms with van der Waals surface area (Å²) in [5.41, 5.74) is 3.72. The number of benzene rings is 3. The fourth-order valence-corrected chi connectivity index (χ4v) is 3.12. The first-order valence-corrected chi connectivity index (χ1v) is 9.84. The van der Waals surface area contributed by atoms with Crippen LogP contribution >= 0.6 is 0 Å². The lowest BCUT2D eigenvalue weighted by molar-refractivity contribution is 0.0784. The number of carbonyl (C=O) groups excluding carboxylic acids is 1. The Labute approximate surface area is 172 Å². The molecule has 150 valence electrons. The second-order valence-electron chi connectivity index (χ2n) is 6.88. The first-order valence-electron chi connectivity index (χ1n) is 9.84. The van der Waals surface area contributed by atoms with Crippen LogP contribution in [-0.2, 0) is 24.5 Å². The molecule has 0 aliphatic heterocycles. The quantitative estimate of drug-likeness (QED) is 0.513. The SMILES string of the molecule is CCOc1ccc(C(=O)N(C)Cc2ccccc2)cc1COCc1ccccc1. The molecule has 0 bridgehead atoms. The maximum absolute atomic E-state index is 12.9. The minimum atomic E-state index is -0.0267. The van der Waals surface area contributed by atoms with E-state index in [-0.39, 0.29) is 5.91 Å². The van der Waals surface area contributed by atoms with Crippen LogP contribution in [0, 0.1) is 0 Å². The smallest absolute Gasteiger partial charge is 0.253 e. The van der Waals surface area contributed by atoms with Crippen LogP contribution in [0.2, 0.25) is 0 Å². The molecule has 0 saturated heterocycles. The van der Waals surface area contributed by atoms with Gasteiger partial charge in [0.15, 0.2) is 0 Å². The van der Waals surface area contributed by atoms with Crippen molar-refractivity contribution < 1.29 is 14.3 Å². The van der Waals surface area contributed by atoms with E-state index in [0.29, 0.717) is 31.9 Å². The highest BCUT2D eigenvalue weighted by Crippen LogP contribution is 2.23. The van der Waals surface area contributed by atoms with Crippen molar-refractivity contribution >= 4 is 5.91 Å². The lowest BCUT2D eigenvalue weighted by Crippen LogP contribution is -2.26. The van der Waals surface area contributed by atoms with Gasteiger partial charge in [0.1, 0.15) is 5.75 Å². The third-order valence-corrected chi connectivity index (χ3v) is 4.59. The van der Waals surface area contributed by atoms with E-state index in [9.17, 15) is 4.79 Å². The highest BCUT2D eigenvalue weighted by molar-refractivity contribution is 5.94. The van der Waals surface area contributed by atoms with Crippen molar-refractivity contribution in [2.75, 3.05) is 13.7 Å². The summed E-state index contributed by atoms with van der Waals surface area (Å²) >= 11 is 0. The van der Waals surface area contributed by atoms with Crippen LogP contribution in [0.4, 0.5) is 0 Å². The summed E-state index contributed by atoms with van der Waals surface area (Å²) in [6.07, 6.45) is 0. The molecule has 29 heavy (non-hydrogen) atoms. The van der Waals surface area contributed by atoms with Crippen LogP contribution in [0.5, 0.6) is 5.75 Å². The first kappa shape index (κ1) is 20.6. The Kier molecular flexibility index (Phi) is 7.42. The number of hydrogen-bond acceptors (Lipinski definition) is 3. The topological polar surface area (TPSA) is 38.8 Å². The van der Waals surface area contributed by atoms with Gasteiger partial charge < -0.3 is 14.4 Å². The Morgan fingerprint density at radius 3 is 2.17 bits per heavy atom. The fraction of sp³-hybridized carbons (Fsp3) is 0.240. The number of rotatable bonds is 9. The molecule has 0 saturated carbocycles. The molecule has 0 spiro atoms. The van der Waals surface area contributed by atoms with Crippen molar-refractivity contribution in [3.8, 4) is 5.75 Å². The van der Waals surface area contributed by atoms with Crippen LogP contribution < -0.4 is 4.74 Å². The summed E-state index contributed by atoms with van der Waals surface area (Å²) in [5.74, 6) is 0.726. The third kappa shape index (κ3) is 5.93. The molecule has 1 amide bonds. The second-order valence-corrected chi connectivity index (χ2v) is 6.88. The number of carbonyl (C=O) groups is 1. The number of amides is 1. The summed E-state index contributed by atoms with van der Waals surface area (Å²) in [4.78, 5) is 14.6. The number of hydrogen-bond donors (Lipinski definition) is 0. The molecule has 0 atom stereocenters. The van der Waals surface area contributed by atoms with Gasteiger partial charge in [-0.25, -0.2) is 0 Å². The summed E-state index contributed by atoms with van der Waals surface area (Å²) in [6, 6.07) is 25.5. The second kappa shape index (κ2) is 10.4. The first-order chi connectivity index (χ1) is 14.2. The lowest BCUT2D eigenvalue weighted by atomic mass is 10.1. The van der Waals surface area contributed by atoms with Gasteiger partial charge in [0, 0.05) is 24.7 Å². The number of ether oxygens (including phenoxy) is 2. The van der Waals surface area contributed by atoms with E-state index in [1.54, 1.807) is 4.90 Å². The Morgan fingerprint density at radius 1 is 0.862 bits per heavy atom. The zero-order valence-corrected chi connectivity index (χ0v) is 17.0. The van der Waals surface area contributed by atoms with Gasteiger partial charge in [0.05, 0.1) is 19.8 Å². The molecule has 4 heteroatoms. The van der Waals surface area contributed by atoms with Crippen LogP contribution in [0.1, 0.15) is 34.0 Å². The largest absolute Gasteiger partial charge is 0.494 e. The summed E-state index contributed by atoms with van der Waals surface area (Å²) < 4.78 is 11.6. The van der Waals surface area contributed by atoms with Crippen molar-refractivity contribution in [3.05, 3.63) is 101 Å². The Morgan fingerprint density at radius 2 is 1.52 bits per heavy atom. The molecule has 0 aliphatic rings. The summed E-state index contributed by atoms with van der Waals surface area (Å²) in [5, 5.41) is 0. The summed E-state index contributed by atoms with van der Waals surface area (Å²) in [6.45, 7) is 3.97. The minimum absolute atomic E-state index is 0.0267. The highest BCUT2D eigenvalue weighted by Gasteiger charge is 2.15.